The van der Waals surface area contributed by atoms with E-state index in [9.17, 15) is 22.8 Å². The van der Waals surface area contributed by atoms with Gasteiger partial charge < -0.3 is 15.7 Å². The van der Waals surface area contributed by atoms with Crippen molar-refractivity contribution < 1.29 is 27.9 Å². The van der Waals surface area contributed by atoms with Crippen LogP contribution in [-0.2, 0) is 11.0 Å². The first-order chi connectivity index (χ1) is 14.6. The van der Waals surface area contributed by atoms with Gasteiger partial charge in [0.05, 0.1) is 0 Å². The van der Waals surface area contributed by atoms with Gasteiger partial charge in [-0.2, -0.15) is 13.2 Å². The van der Waals surface area contributed by atoms with Crippen molar-refractivity contribution in [2.75, 3.05) is 11.9 Å². The smallest absolute Gasteiger partial charge is 0.433 e. The molecule has 3 aromatic rings. The molecule has 2 aromatic carbocycles. The Labute approximate surface area is 175 Å². The lowest BCUT2D eigenvalue weighted by atomic mass is 10.0. The van der Waals surface area contributed by atoms with Crippen molar-refractivity contribution in [1.82, 2.24) is 15.3 Å². The Balaban J connectivity index is 1.87. The Morgan fingerprint density at radius 3 is 2.55 bits per heavy atom. The summed E-state index contributed by atoms with van der Waals surface area (Å²) in [6.45, 7) is 1.31. The molecular formula is C21H17F3N4O3. The maximum atomic E-state index is 12.9. The van der Waals surface area contributed by atoms with Gasteiger partial charge >= 0.3 is 12.1 Å². The summed E-state index contributed by atoms with van der Waals surface area (Å²) in [4.78, 5) is 30.1. The average Bonchev–Trinajstić information content (AvgIpc) is 2.71. The highest BCUT2D eigenvalue weighted by Gasteiger charge is 2.32. The second kappa shape index (κ2) is 8.82. The molecule has 0 saturated carbocycles. The van der Waals surface area contributed by atoms with E-state index in [4.69, 9.17) is 5.11 Å². The SMILES string of the molecule is Cc1cc(Nc2nccc(C(F)(F)F)n2)cc(-c2cccc(C(=O)NCC(=O)O)c2)c1. The van der Waals surface area contributed by atoms with E-state index >= 15 is 0 Å². The maximum absolute atomic E-state index is 12.9. The second-order valence-electron chi connectivity index (χ2n) is 6.63. The number of amides is 1. The minimum atomic E-state index is -4.58. The highest BCUT2D eigenvalue weighted by atomic mass is 19.4. The fraction of sp³-hybridized carbons (Fsp3) is 0.143. The number of benzene rings is 2. The molecule has 0 atom stereocenters. The number of carbonyl (C=O) groups excluding carboxylic acids is 1. The van der Waals surface area contributed by atoms with Crippen LogP contribution in [0.15, 0.2) is 54.7 Å². The summed E-state index contributed by atoms with van der Waals surface area (Å²) >= 11 is 0. The fourth-order valence-electron chi connectivity index (χ4n) is 2.83. The molecule has 0 bridgehead atoms. The zero-order valence-corrected chi connectivity index (χ0v) is 16.2. The number of anilines is 2. The summed E-state index contributed by atoms with van der Waals surface area (Å²) in [5, 5.41) is 13.8. The molecule has 7 nitrogen and oxygen atoms in total. The maximum Gasteiger partial charge on any atom is 0.433 e. The number of carboxylic acids is 1. The Kier molecular flexibility index (Phi) is 6.19. The monoisotopic (exact) mass is 430 g/mol. The molecule has 0 spiro atoms. The van der Waals surface area contributed by atoms with Gasteiger partial charge in [-0.3, -0.25) is 9.59 Å². The number of aliphatic carboxylic acids is 1. The van der Waals surface area contributed by atoms with Crippen LogP contribution in [0.5, 0.6) is 0 Å². The van der Waals surface area contributed by atoms with Gasteiger partial charge in [0.2, 0.25) is 5.95 Å². The van der Waals surface area contributed by atoms with E-state index < -0.39 is 30.3 Å². The number of aromatic nitrogens is 2. The third kappa shape index (κ3) is 5.78. The van der Waals surface area contributed by atoms with Crippen LogP contribution in [0.25, 0.3) is 11.1 Å². The summed E-state index contributed by atoms with van der Waals surface area (Å²) < 4.78 is 38.6. The van der Waals surface area contributed by atoms with Crippen molar-refractivity contribution in [1.29, 1.82) is 0 Å². The van der Waals surface area contributed by atoms with Gasteiger partial charge in [-0.15, -0.1) is 0 Å². The number of hydrogen-bond acceptors (Lipinski definition) is 5. The van der Waals surface area contributed by atoms with Gasteiger partial charge in [-0.1, -0.05) is 18.2 Å². The topological polar surface area (TPSA) is 104 Å². The van der Waals surface area contributed by atoms with Gasteiger partial charge in [-0.25, -0.2) is 9.97 Å². The first kappa shape index (κ1) is 21.8. The van der Waals surface area contributed by atoms with Crippen molar-refractivity contribution in [3.05, 3.63) is 71.5 Å². The average molecular weight is 430 g/mol. The van der Waals surface area contributed by atoms with Crippen LogP contribution >= 0.6 is 0 Å². The predicted octanol–water partition coefficient (Wildman–Crippen LogP) is 4.03. The largest absolute Gasteiger partial charge is 0.480 e. The van der Waals surface area contributed by atoms with E-state index in [2.05, 4.69) is 20.6 Å². The number of hydrogen-bond donors (Lipinski definition) is 3. The minimum absolute atomic E-state index is 0.201. The van der Waals surface area contributed by atoms with Crippen molar-refractivity contribution in [2.24, 2.45) is 0 Å². The van der Waals surface area contributed by atoms with Crippen molar-refractivity contribution in [3.8, 4) is 11.1 Å². The van der Waals surface area contributed by atoms with Gasteiger partial charge in [0.1, 0.15) is 12.2 Å². The number of halogens is 3. The normalized spacial score (nSPS) is 11.1. The number of rotatable bonds is 6. The van der Waals surface area contributed by atoms with Crippen molar-refractivity contribution >= 4 is 23.5 Å². The second-order valence-corrected chi connectivity index (χ2v) is 6.63. The summed E-state index contributed by atoms with van der Waals surface area (Å²) in [5.74, 6) is -1.89. The van der Waals surface area contributed by atoms with E-state index in [0.717, 1.165) is 17.8 Å². The lowest BCUT2D eigenvalue weighted by molar-refractivity contribution is -0.141. The summed E-state index contributed by atoms with van der Waals surface area (Å²) in [6, 6.07) is 12.6. The number of nitrogens with zero attached hydrogens (tertiary/aromatic N) is 2. The Morgan fingerprint density at radius 2 is 1.84 bits per heavy atom. The Morgan fingerprint density at radius 1 is 1.06 bits per heavy atom. The van der Waals surface area contributed by atoms with E-state index in [-0.39, 0.29) is 11.5 Å². The van der Waals surface area contributed by atoms with E-state index in [0.29, 0.717) is 16.8 Å². The first-order valence-corrected chi connectivity index (χ1v) is 9.01. The number of aryl methyl sites for hydroxylation is 1. The summed E-state index contributed by atoms with van der Waals surface area (Å²) in [6.07, 6.45) is -3.56. The third-order valence-corrected chi connectivity index (χ3v) is 4.14. The number of nitrogens with one attached hydrogen (secondary N) is 2. The Hall–Kier alpha value is -3.95. The molecule has 1 aromatic heterocycles. The molecule has 0 aliphatic heterocycles. The lowest BCUT2D eigenvalue weighted by Crippen LogP contribution is -2.29. The van der Waals surface area contributed by atoms with E-state index in [1.165, 1.54) is 0 Å². The standard InChI is InChI=1S/C21H17F3N4O3/c1-12-7-15(13-3-2-4-14(9-13)19(31)26-11-18(29)30)10-16(8-12)27-20-25-6-5-17(28-20)21(22,23)24/h2-10H,11H2,1H3,(H,26,31)(H,29,30)(H,25,27,28). The van der Waals surface area contributed by atoms with Crippen LogP contribution in [0.2, 0.25) is 0 Å². The van der Waals surface area contributed by atoms with Crippen LogP contribution in [0.3, 0.4) is 0 Å². The highest BCUT2D eigenvalue weighted by Crippen LogP contribution is 2.29. The zero-order chi connectivity index (χ0) is 22.6. The molecule has 0 radical (unpaired) electrons. The fourth-order valence-corrected chi connectivity index (χ4v) is 2.83. The molecule has 1 heterocycles. The van der Waals surface area contributed by atoms with Crippen LogP contribution in [0.4, 0.5) is 24.8 Å². The molecule has 0 aliphatic rings. The van der Waals surface area contributed by atoms with Gasteiger partial charge in [0.25, 0.3) is 5.91 Å². The lowest BCUT2D eigenvalue weighted by Gasteiger charge is -2.12. The Bertz CT molecular complexity index is 1130. The van der Waals surface area contributed by atoms with Crippen molar-refractivity contribution in [3.63, 3.8) is 0 Å². The number of carbonyl (C=O) groups is 2. The first-order valence-electron chi connectivity index (χ1n) is 9.01. The molecular weight excluding hydrogens is 413 g/mol. The third-order valence-electron chi connectivity index (χ3n) is 4.14. The zero-order valence-electron chi connectivity index (χ0n) is 16.2. The molecule has 3 N–H and O–H groups in total. The molecule has 0 saturated heterocycles. The molecule has 1 amide bonds. The van der Waals surface area contributed by atoms with Gasteiger partial charge in [-0.05, 0) is 53.9 Å². The van der Waals surface area contributed by atoms with Crippen LogP contribution in [0.1, 0.15) is 21.6 Å². The molecule has 160 valence electrons. The number of alkyl halides is 3. The summed E-state index contributed by atoms with van der Waals surface area (Å²) in [7, 11) is 0. The van der Waals surface area contributed by atoms with Gasteiger partial charge in [0, 0.05) is 17.4 Å². The molecule has 0 fully saturated rings. The minimum Gasteiger partial charge on any atom is -0.480 e. The molecule has 3 rings (SSSR count). The van der Waals surface area contributed by atoms with Gasteiger partial charge in [0.15, 0.2) is 0 Å². The predicted molar refractivity (Wildman–Crippen MR) is 107 cm³/mol. The molecule has 10 heteroatoms. The quantitative estimate of drug-likeness (QED) is 0.546. The number of carboxylic acid groups (broad SMARTS) is 1. The molecule has 0 aliphatic carbocycles. The van der Waals surface area contributed by atoms with Crippen LogP contribution < -0.4 is 10.6 Å². The van der Waals surface area contributed by atoms with Crippen LogP contribution in [-0.4, -0.2) is 33.5 Å². The van der Waals surface area contributed by atoms with Crippen LogP contribution in [0, 0.1) is 6.92 Å². The highest BCUT2D eigenvalue weighted by molar-refractivity contribution is 5.97. The molecule has 31 heavy (non-hydrogen) atoms. The van der Waals surface area contributed by atoms with Crippen molar-refractivity contribution in [2.45, 2.75) is 13.1 Å². The van der Waals surface area contributed by atoms with E-state index in [1.54, 1.807) is 36.4 Å². The molecule has 0 unspecified atom stereocenters. The summed E-state index contributed by atoms with van der Waals surface area (Å²) in [5.41, 5.74) is 1.86. The van der Waals surface area contributed by atoms with E-state index in [1.807, 2.05) is 13.0 Å².